The molecule has 2 rings (SSSR count). The van der Waals surface area contributed by atoms with Gasteiger partial charge >= 0.3 is 0 Å². The van der Waals surface area contributed by atoms with Crippen LogP contribution in [0.5, 0.6) is 0 Å². The van der Waals surface area contributed by atoms with Crippen LogP contribution >= 0.6 is 0 Å². The molecule has 0 aromatic heterocycles. The number of benzene rings is 1. The molecule has 20 heavy (non-hydrogen) atoms. The predicted molar refractivity (Wildman–Crippen MR) is 76.9 cm³/mol. The lowest BCUT2D eigenvalue weighted by molar-refractivity contribution is -0.131. The highest BCUT2D eigenvalue weighted by atomic mass is 16.2. The fraction of sp³-hybridized carbons (Fsp3) is 0.143. The molecule has 2 amide bonds. The third-order valence-corrected chi connectivity index (χ3v) is 2.60. The maximum absolute atomic E-state index is 11.6. The fourth-order valence-corrected chi connectivity index (χ4v) is 1.62. The molecule has 1 unspecified atom stereocenters. The highest BCUT2D eigenvalue weighted by Crippen LogP contribution is 2.04. The minimum atomic E-state index is -0.912. The molecule has 1 heterocycles. The van der Waals surface area contributed by atoms with E-state index in [9.17, 15) is 9.59 Å². The van der Waals surface area contributed by atoms with Crippen molar-refractivity contribution in [2.75, 3.05) is 0 Å². The van der Waals surface area contributed by atoms with E-state index in [2.05, 4.69) is 21.1 Å². The number of rotatable bonds is 4. The van der Waals surface area contributed by atoms with Crippen LogP contribution in [0.3, 0.4) is 0 Å². The first kappa shape index (κ1) is 13.7. The molecule has 0 saturated heterocycles. The van der Waals surface area contributed by atoms with E-state index >= 15 is 0 Å². The number of carbonyl (C=O) groups is 2. The van der Waals surface area contributed by atoms with Gasteiger partial charge in [0.2, 0.25) is 0 Å². The quantitative estimate of drug-likeness (QED) is 0.484. The topological polar surface area (TPSA) is 82.9 Å². The summed E-state index contributed by atoms with van der Waals surface area (Å²) in [7, 11) is 0. The van der Waals surface area contributed by atoms with E-state index in [1.807, 2.05) is 43.3 Å². The first-order valence-electron chi connectivity index (χ1n) is 6.06. The van der Waals surface area contributed by atoms with Crippen LogP contribution in [0.1, 0.15) is 12.5 Å². The van der Waals surface area contributed by atoms with Gasteiger partial charge in [-0.2, -0.15) is 10.2 Å². The van der Waals surface area contributed by atoms with Crippen molar-refractivity contribution in [2.24, 2.45) is 16.1 Å². The molecule has 1 aromatic rings. The summed E-state index contributed by atoms with van der Waals surface area (Å²) in [5.74, 6) is -1.87. The molecule has 1 aliphatic heterocycles. The summed E-state index contributed by atoms with van der Waals surface area (Å²) >= 11 is 0. The first-order chi connectivity index (χ1) is 9.66. The third kappa shape index (κ3) is 3.61. The molecular formula is C14H14N4O2. The summed E-state index contributed by atoms with van der Waals surface area (Å²) in [6, 6.07) is 9.76. The van der Waals surface area contributed by atoms with E-state index in [1.165, 1.54) is 12.4 Å². The van der Waals surface area contributed by atoms with E-state index in [-0.39, 0.29) is 0 Å². The Bertz CT molecular complexity index is 590. The molecule has 0 aliphatic carbocycles. The van der Waals surface area contributed by atoms with Gasteiger partial charge in [-0.05, 0) is 18.1 Å². The van der Waals surface area contributed by atoms with Crippen molar-refractivity contribution in [2.45, 2.75) is 6.92 Å². The molecule has 6 heteroatoms. The normalized spacial score (nSPS) is 18.4. The van der Waals surface area contributed by atoms with Crippen LogP contribution < -0.4 is 10.9 Å². The molecule has 1 aromatic carbocycles. The van der Waals surface area contributed by atoms with E-state index in [1.54, 1.807) is 0 Å². The van der Waals surface area contributed by atoms with Gasteiger partial charge < -0.3 is 0 Å². The van der Waals surface area contributed by atoms with E-state index < -0.39 is 17.7 Å². The van der Waals surface area contributed by atoms with Crippen molar-refractivity contribution in [3.05, 3.63) is 41.5 Å². The molecule has 0 saturated carbocycles. The molecule has 2 N–H and O–H groups in total. The summed E-state index contributed by atoms with van der Waals surface area (Å²) in [4.78, 5) is 22.8. The maximum Gasteiger partial charge on any atom is 0.258 e. The van der Waals surface area contributed by atoms with Crippen molar-refractivity contribution in [3.8, 4) is 0 Å². The van der Waals surface area contributed by atoms with Gasteiger partial charge in [0.25, 0.3) is 11.8 Å². The summed E-state index contributed by atoms with van der Waals surface area (Å²) in [6.45, 7) is 1.87. The molecule has 102 valence electrons. The predicted octanol–water partition coefficient (Wildman–Crippen LogP) is 0.924. The molecule has 0 radical (unpaired) electrons. The van der Waals surface area contributed by atoms with E-state index in [4.69, 9.17) is 0 Å². The smallest absolute Gasteiger partial charge is 0.258 e. The highest BCUT2D eigenvalue weighted by molar-refractivity contribution is 6.15. The van der Waals surface area contributed by atoms with Gasteiger partial charge in [0.15, 0.2) is 5.92 Å². The first-order valence-corrected chi connectivity index (χ1v) is 6.06. The van der Waals surface area contributed by atoms with Gasteiger partial charge in [-0.15, -0.1) is 0 Å². The Hall–Kier alpha value is -2.76. The van der Waals surface area contributed by atoms with Crippen LogP contribution in [0, 0.1) is 5.92 Å². The Labute approximate surface area is 116 Å². The number of amides is 2. The summed E-state index contributed by atoms with van der Waals surface area (Å²) in [5.41, 5.74) is 6.42. The van der Waals surface area contributed by atoms with Crippen molar-refractivity contribution < 1.29 is 9.59 Å². The van der Waals surface area contributed by atoms with Crippen LogP contribution in [-0.4, -0.2) is 24.2 Å². The second-order valence-electron chi connectivity index (χ2n) is 4.27. The second-order valence-corrected chi connectivity index (χ2v) is 4.27. The molecule has 1 aliphatic rings. The minimum absolute atomic E-state index is 0.450. The molecule has 6 nitrogen and oxygen atoms in total. The standard InChI is InChI=1S/C14H14N4O2/c1-10(7-11-5-3-2-4-6-11)8-15-17-13(19)12-9-16-18-14(12)20/h2-9,12H,1H3,(H,17,19)(H,18,20). The van der Waals surface area contributed by atoms with Crippen LogP contribution in [0.25, 0.3) is 6.08 Å². The molecule has 0 fully saturated rings. The van der Waals surface area contributed by atoms with Crippen LogP contribution in [0.15, 0.2) is 46.1 Å². The summed E-state index contributed by atoms with van der Waals surface area (Å²) in [6.07, 6.45) is 4.70. The second kappa shape index (κ2) is 6.42. The Kier molecular flexibility index (Phi) is 4.39. The largest absolute Gasteiger partial charge is 0.272 e. The molecule has 0 spiro atoms. The van der Waals surface area contributed by atoms with Gasteiger partial charge in [-0.25, -0.2) is 10.9 Å². The maximum atomic E-state index is 11.6. The number of carbonyl (C=O) groups excluding carboxylic acids is 2. The zero-order valence-corrected chi connectivity index (χ0v) is 10.9. The molecular weight excluding hydrogens is 256 g/mol. The Morgan fingerprint density at radius 1 is 1.40 bits per heavy atom. The van der Waals surface area contributed by atoms with Gasteiger partial charge in [0.05, 0.1) is 6.21 Å². The number of nitrogens with one attached hydrogen (secondary N) is 2. The Balaban J connectivity index is 1.90. The van der Waals surface area contributed by atoms with Crippen LogP contribution in [0.4, 0.5) is 0 Å². The van der Waals surface area contributed by atoms with Crippen molar-refractivity contribution in [3.63, 3.8) is 0 Å². The SMILES string of the molecule is CC(C=NNC(=O)C1C=NNC1=O)=Cc1ccccc1. The lowest BCUT2D eigenvalue weighted by atomic mass is 10.1. The van der Waals surface area contributed by atoms with Gasteiger partial charge in [0, 0.05) is 6.21 Å². The lowest BCUT2D eigenvalue weighted by Crippen LogP contribution is -2.34. The van der Waals surface area contributed by atoms with Crippen LogP contribution in [0.2, 0.25) is 0 Å². The zero-order valence-electron chi connectivity index (χ0n) is 10.9. The summed E-state index contributed by atoms with van der Waals surface area (Å²) < 4.78 is 0. The number of hydrogen-bond acceptors (Lipinski definition) is 4. The average Bonchev–Trinajstić information content (AvgIpc) is 2.86. The monoisotopic (exact) mass is 270 g/mol. The number of allylic oxidation sites excluding steroid dienone is 1. The number of hydrogen-bond donors (Lipinski definition) is 2. The Morgan fingerprint density at radius 2 is 2.15 bits per heavy atom. The van der Waals surface area contributed by atoms with Crippen molar-refractivity contribution >= 4 is 30.3 Å². The number of nitrogens with zero attached hydrogens (tertiary/aromatic N) is 2. The average molecular weight is 270 g/mol. The highest BCUT2D eigenvalue weighted by Gasteiger charge is 2.28. The summed E-state index contributed by atoms with van der Waals surface area (Å²) in [5, 5.41) is 7.33. The lowest BCUT2D eigenvalue weighted by Gasteiger charge is -2.01. The van der Waals surface area contributed by atoms with Crippen LogP contribution in [-0.2, 0) is 9.59 Å². The fourth-order valence-electron chi connectivity index (χ4n) is 1.62. The third-order valence-electron chi connectivity index (χ3n) is 2.60. The van der Waals surface area contributed by atoms with Crippen molar-refractivity contribution in [1.29, 1.82) is 0 Å². The number of hydrazone groups is 2. The minimum Gasteiger partial charge on any atom is -0.272 e. The molecule has 1 atom stereocenters. The zero-order chi connectivity index (χ0) is 14.4. The van der Waals surface area contributed by atoms with Gasteiger partial charge in [-0.3, -0.25) is 9.59 Å². The van der Waals surface area contributed by atoms with E-state index in [0.29, 0.717) is 0 Å². The van der Waals surface area contributed by atoms with E-state index in [0.717, 1.165) is 11.1 Å². The Morgan fingerprint density at radius 3 is 2.80 bits per heavy atom. The van der Waals surface area contributed by atoms with Gasteiger partial charge in [0.1, 0.15) is 0 Å². The van der Waals surface area contributed by atoms with Gasteiger partial charge in [-0.1, -0.05) is 36.4 Å². The molecule has 0 bridgehead atoms. The van der Waals surface area contributed by atoms with Crippen molar-refractivity contribution in [1.82, 2.24) is 10.9 Å².